The number of aromatic amines is 1. The molecule has 0 saturated carbocycles. The number of benzene rings is 3. The molecule has 0 aliphatic heterocycles. The van der Waals surface area contributed by atoms with Gasteiger partial charge in [-0.3, -0.25) is 19.7 Å². The second-order valence-electron chi connectivity index (χ2n) is 8.40. The largest absolute Gasteiger partial charge is 0.480 e. The molecule has 202 valence electrons. The highest BCUT2D eigenvalue weighted by molar-refractivity contribution is 7.89. The zero-order valence-corrected chi connectivity index (χ0v) is 21.1. The third-order valence-electron chi connectivity index (χ3n) is 5.69. The van der Waals surface area contributed by atoms with Crippen molar-refractivity contribution in [1.82, 2.24) is 20.0 Å². The molecule has 14 heteroatoms. The fourth-order valence-corrected chi connectivity index (χ4v) is 4.95. The maximum atomic E-state index is 12.6. The summed E-state index contributed by atoms with van der Waals surface area (Å²) >= 11 is 0. The van der Waals surface area contributed by atoms with Gasteiger partial charge in [0.25, 0.3) is 11.6 Å². The van der Waals surface area contributed by atoms with Crippen molar-refractivity contribution in [3.8, 4) is 0 Å². The van der Waals surface area contributed by atoms with E-state index in [1.807, 2.05) is 29.0 Å². The van der Waals surface area contributed by atoms with E-state index < -0.39 is 39.4 Å². The number of fused-ring (bicyclic) bond motifs is 1. The van der Waals surface area contributed by atoms with Gasteiger partial charge in [-0.1, -0.05) is 30.3 Å². The van der Waals surface area contributed by atoms with Crippen LogP contribution >= 0.6 is 0 Å². The van der Waals surface area contributed by atoms with Crippen molar-refractivity contribution in [3.05, 3.63) is 94.3 Å². The third kappa shape index (κ3) is 6.74. The third-order valence-corrected chi connectivity index (χ3v) is 7.18. The van der Waals surface area contributed by atoms with Crippen LogP contribution < -0.4 is 15.4 Å². The van der Waals surface area contributed by atoms with Gasteiger partial charge in [-0.25, -0.2) is 13.4 Å². The number of nitro benzene ring substituents is 1. The lowest BCUT2D eigenvalue weighted by molar-refractivity contribution is -0.384. The molecule has 1 amide bonds. The summed E-state index contributed by atoms with van der Waals surface area (Å²) in [6, 6.07) is 16.8. The summed E-state index contributed by atoms with van der Waals surface area (Å²) in [4.78, 5) is 42.8. The number of carboxylic acid groups (broad SMARTS) is 1. The Morgan fingerprint density at radius 3 is 2.46 bits per heavy atom. The summed E-state index contributed by atoms with van der Waals surface area (Å²) < 4.78 is 27.0. The van der Waals surface area contributed by atoms with E-state index in [2.05, 4.69) is 20.6 Å². The van der Waals surface area contributed by atoms with Gasteiger partial charge in [0.1, 0.15) is 17.6 Å². The SMILES string of the molecule is O=C(NC[C@H](NS(=O)(=O)c1ccccc1)C(=O)O)c1ccc(NCCc2nc3ccccc3[nH]2)c([N+](=O)[O-])c1. The molecule has 1 aromatic heterocycles. The fourth-order valence-electron chi connectivity index (χ4n) is 3.74. The number of anilines is 1. The Kier molecular flexibility index (Phi) is 8.17. The summed E-state index contributed by atoms with van der Waals surface area (Å²) in [6.45, 7) is -0.264. The van der Waals surface area contributed by atoms with E-state index in [0.717, 1.165) is 17.1 Å². The summed E-state index contributed by atoms with van der Waals surface area (Å²) in [5, 5.41) is 26.4. The number of aliphatic carboxylic acids is 1. The van der Waals surface area contributed by atoms with Gasteiger partial charge in [0, 0.05) is 31.1 Å². The lowest BCUT2D eigenvalue weighted by Crippen LogP contribution is -2.48. The van der Waals surface area contributed by atoms with Crippen LogP contribution in [0.2, 0.25) is 0 Å². The monoisotopic (exact) mass is 552 g/mol. The Morgan fingerprint density at radius 1 is 1.05 bits per heavy atom. The minimum atomic E-state index is -4.16. The highest BCUT2D eigenvalue weighted by atomic mass is 32.2. The Balaban J connectivity index is 1.39. The molecule has 0 unspecified atom stereocenters. The number of imidazole rings is 1. The lowest BCUT2D eigenvalue weighted by atomic mass is 10.1. The highest BCUT2D eigenvalue weighted by Gasteiger charge is 2.26. The number of carbonyl (C=O) groups is 2. The average molecular weight is 553 g/mol. The van der Waals surface area contributed by atoms with E-state index in [4.69, 9.17) is 0 Å². The molecule has 4 aromatic rings. The number of para-hydroxylation sites is 2. The van der Waals surface area contributed by atoms with Crippen molar-refractivity contribution >= 4 is 44.3 Å². The lowest BCUT2D eigenvalue weighted by Gasteiger charge is -2.16. The second kappa shape index (κ2) is 11.7. The van der Waals surface area contributed by atoms with E-state index in [-0.39, 0.29) is 21.8 Å². The van der Waals surface area contributed by atoms with Crippen molar-refractivity contribution in [1.29, 1.82) is 0 Å². The topological polar surface area (TPSA) is 196 Å². The van der Waals surface area contributed by atoms with Gasteiger partial charge < -0.3 is 20.7 Å². The zero-order chi connectivity index (χ0) is 28.0. The minimum Gasteiger partial charge on any atom is -0.480 e. The number of H-pyrrole nitrogens is 1. The van der Waals surface area contributed by atoms with Crippen molar-refractivity contribution in [2.24, 2.45) is 0 Å². The number of sulfonamides is 1. The van der Waals surface area contributed by atoms with Gasteiger partial charge in [0.05, 0.1) is 20.9 Å². The predicted molar refractivity (Wildman–Crippen MR) is 142 cm³/mol. The molecule has 0 radical (unpaired) electrons. The maximum Gasteiger partial charge on any atom is 0.323 e. The standard InChI is InChI=1S/C25H24N6O7S/c32-24(27-15-21(25(33)34)30-39(37,38)17-6-2-1-3-7-17)16-10-11-20(22(14-16)31(35)36)26-13-12-23-28-18-8-4-5-9-19(18)29-23/h1-11,14,21,26,30H,12-13,15H2,(H,27,32)(H,28,29)(H,33,34)/t21-/m0/s1. The molecule has 1 atom stereocenters. The van der Waals surface area contributed by atoms with E-state index >= 15 is 0 Å². The predicted octanol–water partition coefficient (Wildman–Crippen LogP) is 2.29. The first kappa shape index (κ1) is 27.2. The first-order valence-electron chi connectivity index (χ1n) is 11.7. The first-order chi connectivity index (χ1) is 18.6. The number of hydrogen-bond acceptors (Lipinski definition) is 8. The Bertz CT molecular complexity index is 1590. The molecule has 0 spiro atoms. The fraction of sp³-hybridized carbons (Fsp3) is 0.160. The molecule has 13 nitrogen and oxygen atoms in total. The summed E-state index contributed by atoms with van der Waals surface area (Å²) in [5.41, 5.74) is 1.43. The van der Waals surface area contributed by atoms with Crippen molar-refractivity contribution in [2.75, 3.05) is 18.4 Å². The number of carboxylic acids is 1. The van der Waals surface area contributed by atoms with Crippen LogP contribution in [0.1, 0.15) is 16.2 Å². The van der Waals surface area contributed by atoms with Crippen LogP contribution in [-0.4, -0.2) is 59.4 Å². The minimum absolute atomic E-state index is 0.0976. The van der Waals surface area contributed by atoms with Gasteiger partial charge in [-0.15, -0.1) is 0 Å². The van der Waals surface area contributed by atoms with Gasteiger partial charge in [0.15, 0.2) is 0 Å². The average Bonchev–Trinajstić information content (AvgIpc) is 3.34. The van der Waals surface area contributed by atoms with Gasteiger partial charge >= 0.3 is 5.97 Å². The van der Waals surface area contributed by atoms with Crippen LogP contribution in [-0.2, 0) is 21.2 Å². The Labute approximate surface area is 222 Å². The Hall–Kier alpha value is -4.82. The summed E-state index contributed by atoms with van der Waals surface area (Å²) in [6.07, 6.45) is 0.462. The van der Waals surface area contributed by atoms with Gasteiger partial charge in [0.2, 0.25) is 10.0 Å². The van der Waals surface area contributed by atoms with E-state index in [0.29, 0.717) is 18.8 Å². The van der Waals surface area contributed by atoms with Gasteiger partial charge in [-0.2, -0.15) is 4.72 Å². The number of nitrogens with one attached hydrogen (secondary N) is 4. The smallest absolute Gasteiger partial charge is 0.323 e. The van der Waals surface area contributed by atoms with E-state index in [9.17, 15) is 33.2 Å². The molecular weight excluding hydrogens is 528 g/mol. The van der Waals surface area contributed by atoms with Crippen LogP contribution in [0.25, 0.3) is 11.0 Å². The summed E-state index contributed by atoms with van der Waals surface area (Å²) in [7, 11) is -4.16. The number of nitro groups is 1. The summed E-state index contributed by atoms with van der Waals surface area (Å²) in [5.74, 6) is -1.61. The molecule has 0 aliphatic rings. The number of aromatic nitrogens is 2. The number of rotatable bonds is 12. The van der Waals surface area contributed by atoms with Crippen LogP contribution in [0.4, 0.5) is 11.4 Å². The molecule has 1 heterocycles. The second-order valence-corrected chi connectivity index (χ2v) is 10.1. The molecule has 4 rings (SSSR count). The molecule has 0 bridgehead atoms. The van der Waals surface area contributed by atoms with E-state index in [1.165, 1.54) is 36.4 Å². The number of nitrogens with zero attached hydrogens (tertiary/aromatic N) is 2. The molecule has 0 fully saturated rings. The van der Waals surface area contributed by atoms with Gasteiger partial charge in [-0.05, 0) is 36.4 Å². The zero-order valence-electron chi connectivity index (χ0n) is 20.3. The van der Waals surface area contributed by atoms with Crippen molar-refractivity contribution < 1.29 is 28.0 Å². The first-order valence-corrected chi connectivity index (χ1v) is 13.2. The molecule has 5 N–H and O–H groups in total. The van der Waals surface area contributed by atoms with E-state index in [1.54, 1.807) is 6.07 Å². The molecular formula is C25H24N6O7S. The molecule has 39 heavy (non-hydrogen) atoms. The Morgan fingerprint density at radius 2 is 1.77 bits per heavy atom. The molecule has 0 aliphatic carbocycles. The van der Waals surface area contributed by atoms with Crippen molar-refractivity contribution in [2.45, 2.75) is 17.4 Å². The molecule has 3 aromatic carbocycles. The number of hydrogen-bond donors (Lipinski definition) is 5. The molecule has 0 saturated heterocycles. The van der Waals surface area contributed by atoms with Crippen LogP contribution in [0.5, 0.6) is 0 Å². The van der Waals surface area contributed by atoms with Crippen LogP contribution in [0.15, 0.2) is 77.7 Å². The number of amides is 1. The van der Waals surface area contributed by atoms with Crippen LogP contribution in [0, 0.1) is 10.1 Å². The number of carbonyl (C=O) groups excluding carboxylic acids is 1. The highest BCUT2D eigenvalue weighted by Crippen LogP contribution is 2.25. The van der Waals surface area contributed by atoms with Crippen LogP contribution in [0.3, 0.4) is 0 Å². The van der Waals surface area contributed by atoms with Crippen molar-refractivity contribution in [3.63, 3.8) is 0 Å². The maximum absolute atomic E-state index is 12.6. The normalized spacial score (nSPS) is 12.1. The quantitative estimate of drug-likeness (QED) is 0.129.